The zero-order valence-corrected chi connectivity index (χ0v) is 16.2. The van der Waals surface area contributed by atoms with Gasteiger partial charge in [-0.1, -0.05) is 23.2 Å². The number of nitrogens with one attached hydrogen (secondary N) is 1. The van der Waals surface area contributed by atoms with Gasteiger partial charge in [-0.25, -0.2) is 18.2 Å². The van der Waals surface area contributed by atoms with Gasteiger partial charge in [0.1, 0.15) is 15.7 Å². The predicted octanol–water partition coefficient (Wildman–Crippen LogP) is 3.99. The van der Waals surface area contributed by atoms with E-state index in [1.54, 1.807) is 31.3 Å². The quantitative estimate of drug-likeness (QED) is 0.601. The number of aromatic carboxylic acids is 1. The first kappa shape index (κ1) is 19.2. The number of hydrogen-bond donors (Lipinski definition) is 2. The SMILES string of the molecule is Cc1cc(NS(=O)(=O)c2ccc(Cl)nc2Cl)ccc1-n1cccc1C(=O)O. The van der Waals surface area contributed by atoms with Crippen molar-refractivity contribution < 1.29 is 18.3 Å². The third-order valence-electron chi connectivity index (χ3n) is 3.75. The summed E-state index contributed by atoms with van der Waals surface area (Å²) in [5.41, 5.74) is 1.69. The minimum absolute atomic E-state index is 0.0834. The summed E-state index contributed by atoms with van der Waals surface area (Å²) in [4.78, 5) is 14.8. The van der Waals surface area contributed by atoms with Crippen molar-refractivity contribution in [2.24, 2.45) is 0 Å². The Hall–Kier alpha value is -2.55. The summed E-state index contributed by atoms with van der Waals surface area (Å²) < 4.78 is 29.0. The van der Waals surface area contributed by atoms with Gasteiger partial charge < -0.3 is 9.67 Å². The molecule has 3 rings (SSSR count). The lowest BCUT2D eigenvalue weighted by Gasteiger charge is -2.13. The molecule has 0 saturated carbocycles. The highest BCUT2D eigenvalue weighted by Crippen LogP contribution is 2.26. The first-order valence-corrected chi connectivity index (χ1v) is 9.79. The van der Waals surface area contributed by atoms with E-state index < -0.39 is 16.0 Å². The number of hydrogen-bond acceptors (Lipinski definition) is 4. The third kappa shape index (κ3) is 3.92. The normalized spacial score (nSPS) is 11.4. The van der Waals surface area contributed by atoms with Crippen LogP contribution < -0.4 is 4.72 Å². The molecule has 0 aliphatic heterocycles. The summed E-state index contributed by atoms with van der Waals surface area (Å²) in [5.74, 6) is -1.06. The van der Waals surface area contributed by atoms with E-state index in [9.17, 15) is 18.3 Å². The fraction of sp³-hybridized carbons (Fsp3) is 0.0588. The van der Waals surface area contributed by atoms with E-state index >= 15 is 0 Å². The summed E-state index contributed by atoms with van der Waals surface area (Å²) >= 11 is 11.6. The zero-order valence-electron chi connectivity index (χ0n) is 13.8. The van der Waals surface area contributed by atoms with Crippen LogP contribution in [0.1, 0.15) is 16.1 Å². The van der Waals surface area contributed by atoms with E-state index in [0.29, 0.717) is 16.9 Å². The highest BCUT2D eigenvalue weighted by atomic mass is 35.5. The predicted molar refractivity (Wildman–Crippen MR) is 103 cm³/mol. The average molecular weight is 426 g/mol. The molecule has 0 amide bonds. The molecule has 3 aromatic rings. The Balaban J connectivity index is 1.94. The van der Waals surface area contributed by atoms with Crippen LogP contribution in [0, 0.1) is 6.92 Å². The Morgan fingerprint density at radius 2 is 1.93 bits per heavy atom. The second-order valence-corrected chi connectivity index (χ2v) is 7.99. The van der Waals surface area contributed by atoms with E-state index in [4.69, 9.17) is 23.2 Å². The molecule has 2 heterocycles. The number of carboxylic acids is 1. The monoisotopic (exact) mass is 425 g/mol. The van der Waals surface area contributed by atoms with Crippen molar-refractivity contribution in [3.63, 3.8) is 0 Å². The number of aryl methyl sites for hydroxylation is 1. The van der Waals surface area contributed by atoms with E-state index in [2.05, 4.69) is 9.71 Å². The van der Waals surface area contributed by atoms with Gasteiger partial charge in [-0.3, -0.25) is 4.72 Å². The molecule has 0 aliphatic carbocycles. The summed E-state index contributed by atoms with van der Waals surface area (Å²) in [6, 6.07) is 10.4. The molecule has 0 spiro atoms. The van der Waals surface area contributed by atoms with Crippen LogP contribution in [0.2, 0.25) is 10.3 Å². The number of carboxylic acid groups (broad SMARTS) is 1. The van der Waals surface area contributed by atoms with Crippen molar-refractivity contribution in [3.05, 3.63) is 70.2 Å². The Kier molecular flexibility index (Phi) is 5.14. The van der Waals surface area contributed by atoms with Gasteiger partial charge in [0, 0.05) is 17.6 Å². The van der Waals surface area contributed by atoms with Crippen molar-refractivity contribution in [2.45, 2.75) is 11.8 Å². The molecule has 0 saturated heterocycles. The number of benzene rings is 1. The van der Waals surface area contributed by atoms with Crippen LogP contribution >= 0.6 is 23.2 Å². The van der Waals surface area contributed by atoms with Crippen LogP contribution in [-0.4, -0.2) is 29.0 Å². The maximum atomic E-state index is 12.5. The van der Waals surface area contributed by atoms with Crippen LogP contribution in [0.4, 0.5) is 5.69 Å². The van der Waals surface area contributed by atoms with Crippen molar-refractivity contribution >= 4 is 44.9 Å². The molecule has 10 heteroatoms. The summed E-state index contributed by atoms with van der Waals surface area (Å²) in [5, 5.41) is 9.09. The lowest BCUT2D eigenvalue weighted by Crippen LogP contribution is -2.14. The lowest BCUT2D eigenvalue weighted by molar-refractivity contribution is 0.0688. The van der Waals surface area contributed by atoms with E-state index in [-0.39, 0.29) is 20.9 Å². The van der Waals surface area contributed by atoms with Gasteiger partial charge in [0.2, 0.25) is 0 Å². The number of pyridine rings is 1. The number of rotatable bonds is 5. The first-order chi connectivity index (χ1) is 12.7. The molecule has 27 heavy (non-hydrogen) atoms. The van der Waals surface area contributed by atoms with Gasteiger partial charge in [-0.05, 0) is 55.0 Å². The second-order valence-electron chi connectivity index (χ2n) is 5.60. The van der Waals surface area contributed by atoms with Crippen LogP contribution in [-0.2, 0) is 10.0 Å². The fourth-order valence-corrected chi connectivity index (χ4v) is 4.28. The molecule has 0 aliphatic rings. The molecule has 0 atom stereocenters. The number of aromatic nitrogens is 2. The minimum atomic E-state index is -3.97. The van der Waals surface area contributed by atoms with Gasteiger partial charge in [0.15, 0.2) is 5.15 Å². The lowest BCUT2D eigenvalue weighted by atomic mass is 10.1. The van der Waals surface area contributed by atoms with Crippen LogP contribution in [0.5, 0.6) is 0 Å². The molecule has 0 radical (unpaired) electrons. The second kappa shape index (κ2) is 7.22. The molecule has 2 N–H and O–H groups in total. The summed E-state index contributed by atoms with van der Waals surface area (Å²) in [7, 11) is -3.97. The van der Waals surface area contributed by atoms with Crippen LogP contribution in [0.15, 0.2) is 53.6 Å². The number of sulfonamides is 1. The highest BCUT2D eigenvalue weighted by molar-refractivity contribution is 7.92. The maximum absolute atomic E-state index is 12.5. The molecule has 2 aromatic heterocycles. The first-order valence-electron chi connectivity index (χ1n) is 7.55. The largest absolute Gasteiger partial charge is 0.477 e. The molecular weight excluding hydrogens is 413 g/mol. The van der Waals surface area contributed by atoms with E-state index in [0.717, 1.165) is 0 Å². The summed E-state index contributed by atoms with van der Waals surface area (Å²) in [6.07, 6.45) is 1.62. The van der Waals surface area contributed by atoms with Crippen molar-refractivity contribution in [3.8, 4) is 5.69 Å². The smallest absolute Gasteiger partial charge is 0.352 e. The number of halogens is 2. The molecule has 140 valence electrons. The Bertz CT molecular complexity index is 1140. The number of nitrogens with zero attached hydrogens (tertiary/aromatic N) is 2. The maximum Gasteiger partial charge on any atom is 0.352 e. The molecule has 1 aromatic carbocycles. The van der Waals surface area contributed by atoms with Gasteiger partial charge >= 0.3 is 5.97 Å². The van der Waals surface area contributed by atoms with Gasteiger partial charge in [0.25, 0.3) is 10.0 Å². The van der Waals surface area contributed by atoms with Crippen molar-refractivity contribution in [1.29, 1.82) is 0 Å². The highest BCUT2D eigenvalue weighted by Gasteiger charge is 2.20. The van der Waals surface area contributed by atoms with Gasteiger partial charge in [-0.2, -0.15) is 0 Å². The van der Waals surface area contributed by atoms with Crippen molar-refractivity contribution in [2.75, 3.05) is 4.72 Å². The van der Waals surface area contributed by atoms with Crippen LogP contribution in [0.3, 0.4) is 0 Å². The van der Waals surface area contributed by atoms with Gasteiger partial charge in [0.05, 0.1) is 0 Å². The zero-order chi connectivity index (χ0) is 19.8. The molecular formula is C17H13Cl2N3O4S. The Morgan fingerprint density at radius 1 is 1.19 bits per heavy atom. The standard InChI is InChI=1S/C17H13Cl2N3O4S/c1-10-9-11(4-5-12(10)22-8-2-3-13(22)17(23)24)21-27(25,26)14-6-7-15(18)20-16(14)19/h2-9,21H,1H3,(H,23,24). The van der Waals surface area contributed by atoms with Crippen molar-refractivity contribution in [1.82, 2.24) is 9.55 Å². The Morgan fingerprint density at radius 3 is 2.56 bits per heavy atom. The van der Waals surface area contributed by atoms with E-state index in [1.165, 1.54) is 28.8 Å². The van der Waals surface area contributed by atoms with E-state index in [1.807, 2.05) is 0 Å². The minimum Gasteiger partial charge on any atom is -0.477 e. The molecule has 0 fully saturated rings. The summed E-state index contributed by atoms with van der Waals surface area (Å²) in [6.45, 7) is 1.75. The van der Waals surface area contributed by atoms with Gasteiger partial charge in [-0.15, -0.1) is 0 Å². The number of anilines is 1. The molecule has 0 unspecified atom stereocenters. The third-order valence-corrected chi connectivity index (χ3v) is 5.77. The van der Waals surface area contributed by atoms with Crippen LogP contribution in [0.25, 0.3) is 5.69 Å². The number of carbonyl (C=O) groups is 1. The molecule has 7 nitrogen and oxygen atoms in total. The fourth-order valence-electron chi connectivity index (χ4n) is 2.56. The average Bonchev–Trinajstić information content (AvgIpc) is 3.03. The Labute approximate surface area is 165 Å². The topological polar surface area (TPSA) is 101 Å². The molecule has 0 bridgehead atoms.